The smallest absolute Gasteiger partial charge is 0.160 e. The Hall–Kier alpha value is -8.14. The zero-order valence-electron chi connectivity index (χ0n) is 33.2. The second-order valence-electron chi connectivity index (χ2n) is 15.7. The van der Waals surface area contributed by atoms with Crippen LogP contribution in [0.25, 0.3) is 116 Å². The van der Waals surface area contributed by atoms with E-state index in [2.05, 4.69) is 211 Å². The van der Waals surface area contributed by atoms with Crippen molar-refractivity contribution in [2.24, 2.45) is 0 Å². The van der Waals surface area contributed by atoms with E-state index in [0.29, 0.717) is 5.82 Å². The molecule has 0 amide bonds. The Morgan fingerprint density at radius 3 is 1.72 bits per heavy atom. The van der Waals surface area contributed by atoms with Gasteiger partial charge in [-0.2, -0.15) is 0 Å². The molecule has 0 N–H and O–H groups in total. The van der Waals surface area contributed by atoms with Crippen molar-refractivity contribution in [3.8, 4) is 61.8 Å². The molecular formula is C58H37N3. The Morgan fingerprint density at radius 1 is 0.295 bits per heavy atom. The van der Waals surface area contributed by atoms with Crippen LogP contribution in [0.1, 0.15) is 0 Å². The number of fused-ring (bicyclic) bond motifs is 7. The van der Waals surface area contributed by atoms with E-state index in [9.17, 15) is 0 Å². The van der Waals surface area contributed by atoms with Gasteiger partial charge in [0.2, 0.25) is 0 Å². The van der Waals surface area contributed by atoms with E-state index in [1.807, 2.05) is 18.2 Å². The Balaban J connectivity index is 1.00. The summed E-state index contributed by atoms with van der Waals surface area (Å²) < 4.78 is 2.36. The summed E-state index contributed by atoms with van der Waals surface area (Å²) in [4.78, 5) is 10.5. The summed E-state index contributed by atoms with van der Waals surface area (Å²) in [5.74, 6) is 0.695. The lowest BCUT2D eigenvalue weighted by molar-refractivity contribution is 1.18. The van der Waals surface area contributed by atoms with Crippen molar-refractivity contribution in [1.82, 2.24) is 14.5 Å². The highest BCUT2D eigenvalue weighted by Gasteiger charge is 2.18. The van der Waals surface area contributed by atoms with E-state index in [1.54, 1.807) is 0 Å². The first-order valence-electron chi connectivity index (χ1n) is 20.8. The van der Waals surface area contributed by atoms with E-state index in [1.165, 1.54) is 65.3 Å². The molecular weight excluding hydrogens is 739 g/mol. The highest BCUT2D eigenvalue weighted by molar-refractivity contribution is 6.20. The van der Waals surface area contributed by atoms with Crippen LogP contribution in [0.2, 0.25) is 0 Å². The van der Waals surface area contributed by atoms with Gasteiger partial charge in [0.05, 0.1) is 22.4 Å². The van der Waals surface area contributed by atoms with Gasteiger partial charge in [-0.05, 0) is 97.0 Å². The highest BCUT2D eigenvalue weighted by atomic mass is 15.0. The van der Waals surface area contributed by atoms with Gasteiger partial charge >= 0.3 is 0 Å². The lowest BCUT2D eigenvalue weighted by atomic mass is 9.89. The molecule has 61 heavy (non-hydrogen) atoms. The second-order valence-corrected chi connectivity index (χ2v) is 15.7. The molecule has 0 radical (unpaired) electrons. The molecule has 12 aromatic rings. The molecule has 0 fully saturated rings. The first-order valence-corrected chi connectivity index (χ1v) is 20.8. The van der Waals surface area contributed by atoms with Crippen LogP contribution in [-0.2, 0) is 0 Å². The fourth-order valence-electron chi connectivity index (χ4n) is 9.34. The number of nitrogens with zero attached hydrogens (tertiary/aromatic N) is 3. The predicted octanol–water partition coefficient (Wildman–Crippen LogP) is 15.4. The number of hydrogen-bond donors (Lipinski definition) is 0. The molecule has 0 unspecified atom stereocenters. The number of para-hydroxylation sites is 2. The summed E-state index contributed by atoms with van der Waals surface area (Å²) in [6, 6.07) is 80.5. The lowest BCUT2D eigenvalue weighted by Crippen LogP contribution is -1.97. The first kappa shape index (κ1) is 34.9. The SMILES string of the molecule is c1ccc(-c2nc(-c3ccc(-c4c5ccccc5cc5c4ccc4ccccc45)cc3)cc(-c3ccccc3-c3ccc4c(c3)c3ccccc3n4-c3ccccc3)n2)cc1. The van der Waals surface area contributed by atoms with Crippen LogP contribution in [-0.4, -0.2) is 14.5 Å². The van der Waals surface area contributed by atoms with E-state index in [-0.39, 0.29) is 0 Å². The third-order valence-electron chi connectivity index (χ3n) is 12.2. The Kier molecular flexibility index (Phi) is 8.17. The van der Waals surface area contributed by atoms with Crippen LogP contribution in [0.5, 0.6) is 0 Å². The van der Waals surface area contributed by atoms with Gasteiger partial charge in [0, 0.05) is 33.2 Å². The van der Waals surface area contributed by atoms with Gasteiger partial charge < -0.3 is 4.57 Å². The van der Waals surface area contributed by atoms with E-state index in [0.717, 1.165) is 44.9 Å². The maximum atomic E-state index is 5.28. The van der Waals surface area contributed by atoms with Crippen molar-refractivity contribution in [2.45, 2.75) is 0 Å². The Bertz CT molecular complexity index is 3620. The molecule has 0 aliphatic heterocycles. The minimum absolute atomic E-state index is 0.695. The number of rotatable bonds is 6. The minimum atomic E-state index is 0.695. The molecule has 2 heterocycles. The zero-order valence-corrected chi connectivity index (χ0v) is 33.2. The maximum Gasteiger partial charge on any atom is 0.160 e. The predicted molar refractivity (Wildman–Crippen MR) is 256 cm³/mol. The molecule has 0 saturated heterocycles. The molecule has 0 spiro atoms. The van der Waals surface area contributed by atoms with Crippen molar-refractivity contribution < 1.29 is 0 Å². The number of hydrogen-bond acceptors (Lipinski definition) is 2. The molecule has 0 aliphatic rings. The third-order valence-corrected chi connectivity index (χ3v) is 12.2. The van der Waals surface area contributed by atoms with Gasteiger partial charge in [-0.25, -0.2) is 9.97 Å². The standard InChI is InChI=1S/C58H37N3/c1-3-16-41(17-4-1)58-59-53(39-27-29-40(30-28-39)57-47-23-10-8-18-42(47)35-51-45-21-9-7-15-38(45)31-33-50(51)57)37-54(60-58)48-24-12-11-22-46(48)43-32-34-56-52(36-43)49-25-13-14-26-55(49)61(56)44-19-5-2-6-20-44/h1-37H. The average Bonchev–Trinajstić information content (AvgIpc) is 3.67. The van der Waals surface area contributed by atoms with E-state index in [4.69, 9.17) is 9.97 Å². The van der Waals surface area contributed by atoms with Crippen molar-refractivity contribution in [1.29, 1.82) is 0 Å². The van der Waals surface area contributed by atoms with Crippen LogP contribution in [0.15, 0.2) is 224 Å². The van der Waals surface area contributed by atoms with Gasteiger partial charge in [0.25, 0.3) is 0 Å². The summed E-state index contributed by atoms with van der Waals surface area (Å²) >= 11 is 0. The van der Waals surface area contributed by atoms with Crippen LogP contribution in [0.3, 0.4) is 0 Å². The molecule has 0 bridgehead atoms. The fourth-order valence-corrected chi connectivity index (χ4v) is 9.34. The van der Waals surface area contributed by atoms with Crippen molar-refractivity contribution in [3.05, 3.63) is 224 Å². The molecule has 0 aliphatic carbocycles. The monoisotopic (exact) mass is 775 g/mol. The van der Waals surface area contributed by atoms with Gasteiger partial charge in [-0.1, -0.05) is 182 Å². The summed E-state index contributed by atoms with van der Waals surface area (Å²) in [7, 11) is 0. The number of benzene rings is 10. The fraction of sp³-hybridized carbons (Fsp3) is 0. The minimum Gasteiger partial charge on any atom is -0.309 e. The molecule has 3 nitrogen and oxygen atoms in total. The Labute approximate surface area is 353 Å². The van der Waals surface area contributed by atoms with Gasteiger partial charge in [-0.3, -0.25) is 0 Å². The second kappa shape index (κ2) is 14.3. The summed E-state index contributed by atoms with van der Waals surface area (Å²) in [6.45, 7) is 0. The van der Waals surface area contributed by atoms with Crippen LogP contribution in [0.4, 0.5) is 0 Å². The molecule has 284 valence electrons. The number of aromatic nitrogens is 3. The quantitative estimate of drug-likeness (QED) is 0.124. The first-order chi connectivity index (χ1) is 30.2. The molecule has 3 heteroatoms. The molecule has 2 aromatic heterocycles. The molecule has 10 aromatic carbocycles. The summed E-state index contributed by atoms with van der Waals surface area (Å²) in [5, 5.41) is 9.95. The molecule has 12 rings (SSSR count). The molecule has 0 atom stereocenters. The Morgan fingerprint density at radius 2 is 0.902 bits per heavy atom. The van der Waals surface area contributed by atoms with Crippen LogP contribution < -0.4 is 0 Å². The van der Waals surface area contributed by atoms with Gasteiger partial charge in [0.15, 0.2) is 5.82 Å². The maximum absolute atomic E-state index is 5.28. The topological polar surface area (TPSA) is 30.7 Å². The van der Waals surface area contributed by atoms with Gasteiger partial charge in [-0.15, -0.1) is 0 Å². The van der Waals surface area contributed by atoms with Crippen molar-refractivity contribution in [3.63, 3.8) is 0 Å². The normalized spacial score (nSPS) is 11.6. The highest BCUT2D eigenvalue weighted by Crippen LogP contribution is 2.42. The average molecular weight is 776 g/mol. The third kappa shape index (κ3) is 5.90. The summed E-state index contributed by atoms with van der Waals surface area (Å²) in [6.07, 6.45) is 0. The van der Waals surface area contributed by atoms with Crippen molar-refractivity contribution >= 4 is 54.1 Å². The lowest BCUT2D eigenvalue weighted by Gasteiger charge is -2.15. The summed E-state index contributed by atoms with van der Waals surface area (Å²) in [5.41, 5.74) is 13.0. The zero-order chi connectivity index (χ0) is 40.3. The van der Waals surface area contributed by atoms with E-state index >= 15 is 0 Å². The van der Waals surface area contributed by atoms with Crippen molar-refractivity contribution in [2.75, 3.05) is 0 Å². The largest absolute Gasteiger partial charge is 0.309 e. The van der Waals surface area contributed by atoms with Crippen LogP contribution in [0, 0.1) is 0 Å². The molecule has 0 saturated carbocycles. The van der Waals surface area contributed by atoms with Gasteiger partial charge in [0.1, 0.15) is 0 Å². The van der Waals surface area contributed by atoms with Crippen LogP contribution >= 0.6 is 0 Å². The van der Waals surface area contributed by atoms with E-state index < -0.39 is 0 Å².